The van der Waals surface area contributed by atoms with Gasteiger partial charge in [-0.05, 0) is 49.4 Å². The molecule has 144 valence electrons. The number of likely N-dealkylation sites (tertiary alicyclic amines) is 1. The second kappa shape index (κ2) is 8.19. The molecule has 2 heterocycles. The number of amides is 1. The van der Waals surface area contributed by atoms with E-state index in [-0.39, 0.29) is 11.2 Å². The van der Waals surface area contributed by atoms with E-state index in [9.17, 15) is 4.79 Å². The van der Waals surface area contributed by atoms with E-state index in [1.165, 1.54) is 17.3 Å². The van der Waals surface area contributed by atoms with E-state index < -0.39 is 0 Å². The molecular formula is C22H24N4OS. The van der Waals surface area contributed by atoms with Crippen molar-refractivity contribution in [3.8, 4) is 5.69 Å². The van der Waals surface area contributed by atoms with Crippen molar-refractivity contribution in [2.75, 3.05) is 13.1 Å². The Kier molecular flexibility index (Phi) is 5.48. The maximum atomic E-state index is 13.3. The minimum Gasteiger partial charge on any atom is -0.341 e. The number of hydrogen-bond acceptors (Lipinski definition) is 4. The number of carbonyl (C=O) groups excluding carboxylic acids is 1. The van der Waals surface area contributed by atoms with Gasteiger partial charge in [-0.3, -0.25) is 9.36 Å². The fraction of sp³-hybridized carbons (Fsp3) is 0.318. The smallest absolute Gasteiger partial charge is 0.240 e. The van der Waals surface area contributed by atoms with Gasteiger partial charge in [0.1, 0.15) is 11.6 Å². The number of benzene rings is 2. The van der Waals surface area contributed by atoms with Crippen LogP contribution in [0.1, 0.15) is 34.8 Å². The molecule has 0 bridgehead atoms. The van der Waals surface area contributed by atoms with Gasteiger partial charge in [0.25, 0.3) is 0 Å². The first kappa shape index (κ1) is 18.7. The summed E-state index contributed by atoms with van der Waals surface area (Å²) in [5, 5.41) is 8.89. The summed E-state index contributed by atoms with van der Waals surface area (Å²) in [6, 6.07) is 16.3. The molecular weight excluding hydrogens is 368 g/mol. The van der Waals surface area contributed by atoms with E-state index in [2.05, 4.69) is 42.2 Å². The third kappa shape index (κ3) is 3.83. The number of thioether (sulfide) groups is 1. The van der Waals surface area contributed by atoms with E-state index in [0.29, 0.717) is 0 Å². The summed E-state index contributed by atoms with van der Waals surface area (Å²) in [5.41, 5.74) is 4.38. The monoisotopic (exact) mass is 392 g/mol. The SMILES string of the molecule is Cc1ccc(C)c(-n2cnnc2SC(C(=O)N2CCCC2)c2ccccc2)c1. The van der Waals surface area contributed by atoms with Gasteiger partial charge < -0.3 is 4.90 Å². The highest BCUT2D eigenvalue weighted by molar-refractivity contribution is 8.00. The van der Waals surface area contributed by atoms with Crippen molar-refractivity contribution in [1.29, 1.82) is 0 Å². The van der Waals surface area contributed by atoms with Crippen LogP contribution in [-0.2, 0) is 4.79 Å². The first-order valence-corrected chi connectivity index (χ1v) is 10.5. The molecule has 0 aliphatic carbocycles. The van der Waals surface area contributed by atoms with Gasteiger partial charge >= 0.3 is 0 Å². The molecule has 28 heavy (non-hydrogen) atoms. The lowest BCUT2D eigenvalue weighted by atomic mass is 10.1. The molecule has 0 saturated carbocycles. The second-order valence-corrected chi connectivity index (χ2v) is 8.29. The normalized spacial score (nSPS) is 15.0. The third-order valence-electron chi connectivity index (χ3n) is 5.11. The highest BCUT2D eigenvalue weighted by Crippen LogP contribution is 2.37. The second-order valence-electron chi connectivity index (χ2n) is 7.21. The zero-order chi connectivity index (χ0) is 19.5. The molecule has 1 amide bonds. The molecule has 1 aliphatic rings. The maximum absolute atomic E-state index is 13.3. The zero-order valence-corrected chi connectivity index (χ0v) is 17.0. The lowest BCUT2D eigenvalue weighted by Crippen LogP contribution is -2.31. The Labute approximate surface area is 169 Å². The van der Waals surface area contributed by atoms with E-state index in [1.54, 1.807) is 6.33 Å². The summed E-state index contributed by atoms with van der Waals surface area (Å²) in [7, 11) is 0. The fourth-order valence-corrected chi connectivity index (χ4v) is 4.65. The zero-order valence-electron chi connectivity index (χ0n) is 16.2. The molecule has 5 nitrogen and oxygen atoms in total. The van der Waals surface area contributed by atoms with Crippen LogP contribution < -0.4 is 0 Å². The first-order valence-electron chi connectivity index (χ1n) is 9.61. The molecule has 1 saturated heterocycles. The molecule has 1 aliphatic heterocycles. The van der Waals surface area contributed by atoms with Crippen molar-refractivity contribution in [1.82, 2.24) is 19.7 Å². The number of hydrogen-bond donors (Lipinski definition) is 0. The molecule has 6 heteroatoms. The van der Waals surface area contributed by atoms with Gasteiger partial charge in [-0.15, -0.1) is 10.2 Å². The average Bonchev–Trinajstić information content (AvgIpc) is 3.40. The number of aryl methyl sites for hydroxylation is 2. The number of aromatic nitrogens is 3. The Morgan fingerprint density at radius 1 is 1.07 bits per heavy atom. The Bertz CT molecular complexity index is 964. The largest absolute Gasteiger partial charge is 0.341 e. The van der Waals surface area contributed by atoms with Crippen LogP contribution in [0.15, 0.2) is 60.0 Å². The van der Waals surface area contributed by atoms with Crippen LogP contribution in [0.25, 0.3) is 5.69 Å². The quantitative estimate of drug-likeness (QED) is 0.606. The molecule has 2 aromatic carbocycles. The van der Waals surface area contributed by atoms with E-state index in [0.717, 1.165) is 47.9 Å². The summed E-state index contributed by atoms with van der Waals surface area (Å²) in [4.78, 5) is 15.3. The third-order valence-corrected chi connectivity index (χ3v) is 6.31. The number of nitrogens with zero attached hydrogens (tertiary/aromatic N) is 4. The van der Waals surface area contributed by atoms with Crippen molar-refractivity contribution in [3.05, 3.63) is 71.5 Å². The van der Waals surface area contributed by atoms with Gasteiger partial charge in [0.15, 0.2) is 5.16 Å². The topological polar surface area (TPSA) is 51.0 Å². The van der Waals surface area contributed by atoms with Gasteiger partial charge in [0.05, 0.1) is 5.69 Å². The van der Waals surface area contributed by atoms with E-state index in [4.69, 9.17) is 0 Å². The fourth-order valence-electron chi connectivity index (χ4n) is 3.55. The van der Waals surface area contributed by atoms with Crippen LogP contribution in [0.2, 0.25) is 0 Å². The Hall–Kier alpha value is -2.60. The summed E-state index contributed by atoms with van der Waals surface area (Å²) in [6.07, 6.45) is 3.89. The van der Waals surface area contributed by atoms with E-state index in [1.807, 2.05) is 39.8 Å². The van der Waals surface area contributed by atoms with Crippen LogP contribution >= 0.6 is 11.8 Å². The highest BCUT2D eigenvalue weighted by atomic mass is 32.2. The van der Waals surface area contributed by atoms with Crippen molar-refractivity contribution in [2.45, 2.75) is 37.1 Å². The minimum atomic E-state index is -0.327. The number of carbonyl (C=O) groups is 1. The van der Waals surface area contributed by atoms with E-state index >= 15 is 0 Å². The molecule has 1 fully saturated rings. The van der Waals surface area contributed by atoms with Gasteiger partial charge in [0, 0.05) is 13.1 Å². The van der Waals surface area contributed by atoms with Crippen LogP contribution in [0.4, 0.5) is 0 Å². The Morgan fingerprint density at radius 2 is 1.82 bits per heavy atom. The lowest BCUT2D eigenvalue weighted by Gasteiger charge is -2.23. The van der Waals surface area contributed by atoms with Crippen LogP contribution in [0, 0.1) is 13.8 Å². The maximum Gasteiger partial charge on any atom is 0.240 e. The first-order chi connectivity index (χ1) is 13.6. The van der Waals surface area contributed by atoms with Crippen molar-refractivity contribution in [3.63, 3.8) is 0 Å². The van der Waals surface area contributed by atoms with Crippen LogP contribution in [0.3, 0.4) is 0 Å². The lowest BCUT2D eigenvalue weighted by molar-refractivity contribution is -0.129. The summed E-state index contributed by atoms with van der Waals surface area (Å²) < 4.78 is 1.99. The van der Waals surface area contributed by atoms with Gasteiger partial charge in [-0.2, -0.15) is 0 Å². The van der Waals surface area contributed by atoms with Gasteiger partial charge in [-0.25, -0.2) is 0 Å². The molecule has 1 aromatic heterocycles. The molecule has 4 rings (SSSR count). The summed E-state index contributed by atoms with van der Waals surface area (Å²) >= 11 is 1.48. The molecule has 0 N–H and O–H groups in total. The van der Waals surface area contributed by atoms with Crippen LogP contribution in [0.5, 0.6) is 0 Å². The van der Waals surface area contributed by atoms with Crippen LogP contribution in [-0.4, -0.2) is 38.7 Å². The standard InChI is InChI=1S/C22H24N4OS/c1-16-10-11-17(2)19(14-16)26-15-23-24-22(26)28-20(18-8-4-3-5-9-18)21(27)25-12-6-7-13-25/h3-5,8-11,14-15,20H,6-7,12-13H2,1-2H3. The molecule has 1 unspecified atom stereocenters. The molecule has 0 radical (unpaired) electrons. The average molecular weight is 393 g/mol. The predicted molar refractivity (Wildman–Crippen MR) is 112 cm³/mol. The number of rotatable bonds is 5. The van der Waals surface area contributed by atoms with Crippen molar-refractivity contribution in [2.24, 2.45) is 0 Å². The molecule has 1 atom stereocenters. The predicted octanol–water partition coefficient (Wildman–Crippen LogP) is 4.34. The van der Waals surface area contributed by atoms with Gasteiger partial charge in [-0.1, -0.05) is 54.2 Å². The van der Waals surface area contributed by atoms with Crippen molar-refractivity contribution < 1.29 is 4.79 Å². The Balaban J connectivity index is 1.69. The summed E-state index contributed by atoms with van der Waals surface area (Å²) in [5.74, 6) is 0.157. The Morgan fingerprint density at radius 3 is 2.57 bits per heavy atom. The molecule has 3 aromatic rings. The molecule has 0 spiro atoms. The van der Waals surface area contributed by atoms with Gasteiger partial charge in [0.2, 0.25) is 5.91 Å². The highest BCUT2D eigenvalue weighted by Gasteiger charge is 2.30. The minimum absolute atomic E-state index is 0.157. The van der Waals surface area contributed by atoms with Crippen molar-refractivity contribution >= 4 is 17.7 Å². The summed E-state index contributed by atoms with van der Waals surface area (Å²) in [6.45, 7) is 5.83.